The van der Waals surface area contributed by atoms with Crippen LogP contribution in [0.5, 0.6) is 0 Å². The van der Waals surface area contributed by atoms with Crippen LogP contribution in [0, 0.1) is 0 Å². The fraction of sp³-hybridized carbons (Fsp3) is 0.308. The van der Waals surface area contributed by atoms with Gasteiger partial charge in [-0.1, -0.05) is 28.1 Å². The second-order valence-corrected chi connectivity index (χ2v) is 4.78. The molecule has 0 fully saturated rings. The highest BCUT2D eigenvalue weighted by molar-refractivity contribution is 9.10. The lowest BCUT2D eigenvalue weighted by Crippen LogP contribution is -2.09. The molecule has 0 radical (unpaired) electrons. The summed E-state index contributed by atoms with van der Waals surface area (Å²) in [7, 11) is 0. The number of aromatic nitrogens is 2. The van der Waals surface area contributed by atoms with Crippen molar-refractivity contribution in [3.05, 3.63) is 40.6 Å². The maximum atomic E-state index is 5.60. The summed E-state index contributed by atoms with van der Waals surface area (Å²) in [5.74, 6) is 1.02. The summed E-state index contributed by atoms with van der Waals surface area (Å²) in [6, 6.07) is 8.22. The Kier molecular flexibility index (Phi) is 3.97. The molecule has 2 rings (SSSR count). The lowest BCUT2D eigenvalue weighted by Gasteiger charge is -2.09. The first kappa shape index (κ1) is 12.3. The molecule has 3 nitrogen and oxygen atoms in total. The number of benzene rings is 1. The van der Waals surface area contributed by atoms with Crippen LogP contribution in [0.25, 0.3) is 11.4 Å². The topological polar surface area (TPSA) is 43.8 Å². The van der Waals surface area contributed by atoms with E-state index in [1.165, 1.54) is 5.69 Å². The molecule has 0 aliphatic rings. The predicted octanol–water partition coefficient (Wildman–Crippen LogP) is 2.83. The van der Waals surface area contributed by atoms with Crippen molar-refractivity contribution in [1.82, 2.24) is 9.55 Å². The van der Waals surface area contributed by atoms with Crippen LogP contribution in [0.4, 0.5) is 0 Å². The van der Waals surface area contributed by atoms with E-state index in [-0.39, 0.29) is 0 Å². The van der Waals surface area contributed by atoms with Crippen molar-refractivity contribution in [2.24, 2.45) is 5.73 Å². The van der Waals surface area contributed by atoms with Gasteiger partial charge in [0.1, 0.15) is 5.82 Å². The maximum absolute atomic E-state index is 5.60. The maximum Gasteiger partial charge on any atom is 0.140 e. The zero-order valence-electron chi connectivity index (χ0n) is 9.86. The molecule has 0 aliphatic heterocycles. The molecular weight excluding hydrogens is 278 g/mol. The summed E-state index contributed by atoms with van der Waals surface area (Å²) < 4.78 is 3.30. The number of imidazole rings is 1. The molecule has 0 amide bonds. The minimum absolute atomic E-state index is 0.658. The second kappa shape index (κ2) is 5.47. The van der Waals surface area contributed by atoms with E-state index in [1.54, 1.807) is 0 Å². The van der Waals surface area contributed by atoms with Gasteiger partial charge in [0.25, 0.3) is 0 Å². The standard InChI is InChI=1S/C13H16BrN3/c1-2-17-12(7-8-15)9-16-13(17)10-3-5-11(14)6-4-10/h3-6,9H,2,7-8,15H2,1H3. The molecule has 0 bridgehead atoms. The van der Waals surface area contributed by atoms with Gasteiger partial charge in [-0.15, -0.1) is 0 Å². The molecule has 1 aromatic heterocycles. The van der Waals surface area contributed by atoms with Gasteiger partial charge in [0.15, 0.2) is 0 Å². The van der Waals surface area contributed by atoms with Crippen LogP contribution in [-0.4, -0.2) is 16.1 Å². The molecule has 0 atom stereocenters. The van der Waals surface area contributed by atoms with Gasteiger partial charge in [0.05, 0.1) is 0 Å². The van der Waals surface area contributed by atoms with Gasteiger partial charge < -0.3 is 10.3 Å². The molecule has 0 saturated heterocycles. The third-order valence-corrected chi connectivity index (χ3v) is 3.29. The van der Waals surface area contributed by atoms with Gasteiger partial charge in [-0.3, -0.25) is 0 Å². The van der Waals surface area contributed by atoms with E-state index in [0.717, 1.165) is 28.8 Å². The van der Waals surface area contributed by atoms with E-state index in [9.17, 15) is 0 Å². The number of halogens is 1. The van der Waals surface area contributed by atoms with Crippen LogP contribution in [0.2, 0.25) is 0 Å². The fourth-order valence-corrected chi connectivity index (χ4v) is 2.20. The van der Waals surface area contributed by atoms with Gasteiger partial charge in [-0.25, -0.2) is 4.98 Å². The van der Waals surface area contributed by atoms with E-state index >= 15 is 0 Å². The predicted molar refractivity (Wildman–Crippen MR) is 73.8 cm³/mol. The van der Waals surface area contributed by atoms with Crippen LogP contribution in [0.1, 0.15) is 12.6 Å². The summed E-state index contributed by atoms with van der Waals surface area (Å²) in [6.07, 6.45) is 2.80. The fourth-order valence-electron chi connectivity index (χ4n) is 1.94. The third kappa shape index (κ3) is 2.58. The van der Waals surface area contributed by atoms with Crippen molar-refractivity contribution in [2.75, 3.05) is 6.54 Å². The van der Waals surface area contributed by atoms with Gasteiger partial charge in [0, 0.05) is 34.9 Å². The Morgan fingerprint density at radius 2 is 2.00 bits per heavy atom. The molecule has 2 N–H and O–H groups in total. The van der Waals surface area contributed by atoms with Crippen LogP contribution >= 0.6 is 15.9 Å². The van der Waals surface area contributed by atoms with Crippen LogP contribution in [0.3, 0.4) is 0 Å². The zero-order valence-corrected chi connectivity index (χ0v) is 11.4. The molecule has 1 aromatic carbocycles. The number of hydrogen-bond acceptors (Lipinski definition) is 2. The molecule has 0 spiro atoms. The van der Waals surface area contributed by atoms with Gasteiger partial charge in [-0.05, 0) is 25.6 Å². The molecule has 2 aromatic rings. The Morgan fingerprint density at radius 3 is 2.59 bits per heavy atom. The van der Waals surface area contributed by atoms with E-state index in [0.29, 0.717) is 6.54 Å². The van der Waals surface area contributed by atoms with Gasteiger partial charge >= 0.3 is 0 Å². The molecule has 4 heteroatoms. The van der Waals surface area contributed by atoms with Crippen LogP contribution in [-0.2, 0) is 13.0 Å². The first-order valence-corrected chi connectivity index (χ1v) is 6.56. The Bertz CT molecular complexity index is 488. The molecule has 0 aliphatic carbocycles. The monoisotopic (exact) mass is 293 g/mol. The Hall–Kier alpha value is -1.13. The average Bonchev–Trinajstić information content (AvgIpc) is 2.73. The van der Waals surface area contributed by atoms with Crippen molar-refractivity contribution in [2.45, 2.75) is 19.9 Å². The van der Waals surface area contributed by atoms with Gasteiger partial charge in [0.2, 0.25) is 0 Å². The molecule has 17 heavy (non-hydrogen) atoms. The summed E-state index contributed by atoms with van der Waals surface area (Å²) >= 11 is 3.44. The molecular formula is C13H16BrN3. The second-order valence-electron chi connectivity index (χ2n) is 3.86. The lowest BCUT2D eigenvalue weighted by molar-refractivity contribution is 0.714. The van der Waals surface area contributed by atoms with E-state index in [1.807, 2.05) is 18.3 Å². The van der Waals surface area contributed by atoms with Gasteiger partial charge in [-0.2, -0.15) is 0 Å². The largest absolute Gasteiger partial charge is 0.330 e. The highest BCUT2D eigenvalue weighted by Crippen LogP contribution is 2.22. The number of rotatable bonds is 4. The first-order valence-electron chi connectivity index (χ1n) is 5.76. The van der Waals surface area contributed by atoms with Crippen LogP contribution in [0.15, 0.2) is 34.9 Å². The molecule has 0 unspecified atom stereocenters. The Morgan fingerprint density at radius 1 is 1.29 bits per heavy atom. The molecule has 1 heterocycles. The SMILES string of the molecule is CCn1c(CCN)cnc1-c1ccc(Br)cc1. The molecule has 0 saturated carbocycles. The first-order chi connectivity index (χ1) is 8.26. The lowest BCUT2D eigenvalue weighted by atomic mass is 10.2. The summed E-state index contributed by atoms with van der Waals surface area (Å²) in [5, 5.41) is 0. The van der Waals surface area contributed by atoms with E-state index in [4.69, 9.17) is 5.73 Å². The minimum atomic E-state index is 0.658. The van der Waals surface area contributed by atoms with E-state index < -0.39 is 0 Å². The number of hydrogen-bond donors (Lipinski definition) is 1. The van der Waals surface area contributed by atoms with E-state index in [2.05, 4.69) is 44.5 Å². The highest BCUT2D eigenvalue weighted by atomic mass is 79.9. The molecule has 90 valence electrons. The summed E-state index contributed by atoms with van der Waals surface area (Å²) in [4.78, 5) is 4.50. The van der Waals surface area contributed by atoms with Crippen LogP contribution < -0.4 is 5.73 Å². The highest BCUT2D eigenvalue weighted by Gasteiger charge is 2.09. The summed E-state index contributed by atoms with van der Waals surface area (Å²) in [6.45, 7) is 3.70. The van der Waals surface area contributed by atoms with Crippen molar-refractivity contribution in [1.29, 1.82) is 0 Å². The summed E-state index contributed by atoms with van der Waals surface area (Å²) in [5.41, 5.74) is 7.94. The van der Waals surface area contributed by atoms with Crippen molar-refractivity contribution in [3.8, 4) is 11.4 Å². The Balaban J connectivity index is 2.41. The number of nitrogens with zero attached hydrogens (tertiary/aromatic N) is 2. The Labute approximate surface area is 110 Å². The normalized spacial score (nSPS) is 10.8. The van der Waals surface area contributed by atoms with Crippen molar-refractivity contribution in [3.63, 3.8) is 0 Å². The quantitative estimate of drug-likeness (QED) is 0.942. The smallest absolute Gasteiger partial charge is 0.140 e. The van der Waals surface area contributed by atoms with Crippen molar-refractivity contribution < 1.29 is 0 Å². The minimum Gasteiger partial charge on any atom is -0.330 e. The number of nitrogens with two attached hydrogens (primary N) is 1. The average molecular weight is 294 g/mol. The van der Waals surface area contributed by atoms with Crippen molar-refractivity contribution >= 4 is 15.9 Å². The zero-order chi connectivity index (χ0) is 12.3. The third-order valence-electron chi connectivity index (χ3n) is 2.76.